The van der Waals surface area contributed by atoms with Crippen molar-refractivity contribution in [1.82, 2.24) is 19.1 Å². The van der Waals surface area contributed by atoms with E-state index < -0.39 is 5.91 Å². The van der Waals surface area contributed by atoms with Crippen molar-refractivity contribution in [3.63, 3.8) is 0 Å². The van der Waals surface area contributed by atoms with E-state index in [1.165, 1.54) is 11.8 Å². The molecule has 8 heteroatoms. The molecule has 0 spiro atoms. The standard InChI is InChI=1S/C17H23N5O2S/c1-12-19-7-10-21(12)8-4-9-22-16(24)13-5-2-3-6-14(13)20-17(22)25-11-15(18)23/h7,10H,2-6,8-9,11H2,1H3,(H2,18,23). The van der Waals surface area contributed by atoms with Gasteiger partial charge in [-0.25, -0.2) is 9.97 Å². The minimum atomic E-state index is -0.405. The number of imidazole rings is 1. The highest BCUT2D eigenvalue weighted by Gasteiger charge is 2.19. The highest BCUT2D eigenvalue weighted by Crippen LogP contribution is 2.21. The van der Waals surface area contributed by atoms with Gasteiger partial charge < -0.3 is 10.3 Å². The van der Waals surface area contributed by atoms with Crippen molar-refractivity contribution in [3.8, 4) is 0 Å². The number of hydrogen-bond acceptors (Lipinski definition) is 5. The van der Waals surface area contributed by atoms with Crippen LogP contribution in [0.2, 0.25) is 0 Å². The van der Waals surface area contributed by atoms with E-state index in [2.05, 4.69) is 14.5 Å². The molecule has 25 heavy (non-hydrogen) atoms. The van der Waals surface area contributed by atoms with Crippen molar-refractivity contribution in [2.45, 2.75) is 57.3 Å². The number of carbonyl (C=O) groups is 1. The Morgan fingerprint density at radius 2 is 2.12 bits per heavy atom. The van der Waals surface area contributed by atoms with E-state index >= 15 is 0 Å². The first-order valence-corrected chi connectivity index (χ1v) is 9.56. The predicted molar refractivity (Wildman–Crippen MR) is 96.6 cm³/mol. The number of aryl methyl sites for hydroxylation is 3. The number of nitrogens with zero attached hydrogens (tertiary/aromatic N) is 4. The summed E-state index contributed by atoms with van der Waals surface area (Å²) in [7, 11) is 0. The Balaban J connectivity index is 1.82. The second-order valence-electron chi connectivity index (χ2n) is 6.26. The molecule has 3 rings (SSSR count). The van der Waals surface area contributed by atoms with E-state index in [-0.39, 0.29) is 11.3 Å². The number of primary amides is 1. The molecular formula is C17H23N5O2S. The average molecular weight is 361 g/mol. The van der Waals surface area contributed by atoms with Gasteiger partial charge in [-0.05, 0) is 39.0 Å². The monoisotopic (exact) mass is 361 g/mol. The van der Waals surface area contributed by atoms with Gasteiger partial charge in [0.15, 0.2) is 5.16 Å². The summed E-state index contributed by atoms with van der Waals surface area (Å²) in [5.74, 6) is 0.683. The lowest BCUT2D eigenvalue weighted by Crippen LogP contribution is -2.31. The third-order valence-corrected chi connectivity index (χ3v) is 5.45. The summed E-state index contributed by atoms with van der Waals surface area (Å²) in [4.78, 5) is 32.9. The molecule has 134 valence electrons. The van der Waals surface area contributed by atoms with E-state index in [4.69, 9.17) is 5.73 Å². The van der Waals surface area contributed by atoms with Crippen molar-refractivity contribution in [2.24, 2.45) is 5.73 Å². The first-order valence-electron chi connectivity index (χ1n) is 8.57. The van der Waals surface area contributed by atoms with E-state index in [0.717, 1.165) is 55.7 Å². The van der Waals surface area contributed by atoms with Gasteiger partial charge in [0, 0.05) is 31.0 Å². The van der Waals surface area contributed by atoms with E-state index in [9.17, 15) is 9.59 Å². The fraction of sp³-hybridized carbons (Fsp3) is 0.529. The van der Waals surface area contributed by atoms with Gasteiger partial charge in [0.05, 0.1) is 11.4 Å². The SMILES string of the molecule is Cc1nccn1CCCn1c(SCC(N)=O)nc2c(c1=O)CCCC2. The molecule has 2 aromatic rings. The largest absolute Gasteiger partial charge is 0.369 e. The number of fused-ring (bicyclic) bond motifs is 1. The molecule has 2 aromatic heterocycles. The normalized spacial score (nSPS) is 13.6. The Bertz CT molecular complexity index is 827. The van der Waals surface area contributed by atoms with Gasteiger partial charge in [-0.15, -0.1) is 0 Å². The maximum Gasteiger partial charge on any atom is 0.257 e. The quantitative estimate of drug-likeness (QED) is 0.592. The van der Waals surface area contributed by atoms with Gasteiger partial charge in [0.1, 0.15) is 5.82 Å². The molecule has 0 saturated carbocycles. The molecule has 0 fully saturated rings. The number of nitrogens with two attached hydrogens (primary N) is 1. The molecule has 1 aliphatic carbocycles. The Kier molecular flexibility index (Phi) is 5.57. The summed E-state index contributed by atoms with van der Waals surface area (Å²) in [6.07, 6.45) is 8.23. The van der Waals surface area contributed by atoms with Crippen molar-refractivity contribution in [1.29, 1.82) is 0 Å². The number of hydrogen-bond donors (Lipinski definition) is 1. The van der Waals surface area contributed by atoms with Crippen LogP contribution < -0.4 is 11.3 Å². The minimum Gasteiger partial charge on any atom is -0.369 e. The highest BCUT2D eigenvalue weighted by molar-refractivity contribution is 7.99. The van der Waals surface area contributed by atoms with Gasteiger partial charge in [0.2, 0.25) is 5.91 Å². The number of thioether (sulfide) groups is 1. The smallest absolute Gasteiger partial charge is 0.257 e. The van der Waals surface area contributed by atoms with Crippen LogP contribution in [0.25, 0.3) is 0 Å². The molecular weight excluding hydrogens is 338 g/mol. The van der Waals surface area contributed by atoms with Gasteiger partial charge in [-0.3, -0.25) is 14.2 Å². The number of amides is 1. The van der Waals surface area contributed by atoms with Crippen LogP contribution >= 0.6 is 11.8 Å². The van der Waals surface area contributed by atoms with Crippen LogP contribution in [0.5, 0.6) is 0 Å². The van der Waals surface area contributed by atoms with Crippen molar-refractivity contribution >= 4 is 17.7 Å². The molecule has 1 amide bonds. The highest BCUT2D eigenvalue weighted by atomic mass is 32.2. The predicted octanol–water partition coefficient (Wildman–Crippen LogP) is 1.29. The van der Waals surface area contributed by atoms with Crippen LogP contribution in [0.4, 0.5) is 0 Å². The summed E-state index contributed by atoms with van der Waals surface area (Å²) >= 11 is 1.25. The lowest BCUT2D eigenvalue weighted by atomic mass is 9.97. The molecule has 0 aromatic carbocycles. The molecule has 0 saturated heterocycles. The molecule has 7 nitrogen and oxygen atoms in total. The third kappa shape index (κ3) is 4.12. The average Bonchev–Trinajstić information content (AvgIpc) is 3.00. The van der Waals surface area contributed by atoms with Gasteiger partial charge >= 0.3 is 0 Å². The molecule has 0 atom stereocenters. The summed E-state index contributed by atoms with van der Waals surface area (Å²) in [6.45, 7) is 3.31. The molecule has 1 aliphatic rings. The Morgan fingerprint density at radius 1 is 1.32 bits per heavy atom. The third-order valence-electron chi connectivity index (χ3n) is 4.45. The van der Waals surface area contributed by atoms with Gasteiger partial charge in [-0.1, -0.05) is 11.8 Å². The van der Waals surface area contributed by atoms with Crippen molar-refractivity contribution in [3.05, 3.63) is 39.8 Å². The van der Waals surface area contributed by atoms with Crippen LogP contribution in [-0.4, -0.2) is 30.8 Å². The zero-order valence-corrected chi connectivity index (χ0v) is 15.2. The second kappa shape index (κ2) is 7.86. The maximum atomic E-state index is 12.9. The molecule has 0 aliphatic heterocycles. The first kappa shape index (κ1) is 17.7. The van der Waals surface area contributed by atoms with Gasteiger partial charge in [0.25, 0.3) is 5.56 Å². The lowest BCUT2D eigenvalue weighted by molar-refractivity contribution is -0.115. The van der Waals surface area contributed by atoms with Crippen molar-refractivity contribution < 1.29 is 4.79 Å². The summed E-state index contributed by atoms with van der Waals surface area (Å²) in [5, 5.41) is 0.604. The number of carbonyl (C=O) groups excluding carboxylic acids is 1. The number of rotatable bonds is 7. The molecule has 0 radical (unpaired) electrons. The molecule has 0 bridgehead atoms. The van der Waals surface area contributed by atoms with Crippen molar-refractivity contribution in [2.75, 3.05) is 5.75 Å². The summed E-state index contributed by atoms with van der Waals surface area (Å²) in [6, 6.07) is 0. The van der Waals surface area contributed by atoms with Crippen LogP contribution in [0, 0.1) is 6.92 Å². The topological polar surface area (TPSA) is 95.8 Å². The van der Waals surface area contributed by atoms with E-state index in [0.29, 0.717) is 11.7 Å². The number of aromatic nitrogens is 4. The molecule has 0 unspecified atom stereocenters. The zero-order valence-electron chi connectivity index (χ0n) is 14.4. The maximum absolute atomic E-state index is 12.9. The van der Waals surface area contributed by atoms with Crippen LogP contribution in [-0.2, 0) is 30.7 Å². The van der Waals surface area contributed by atoms with Crippen LogP contribution in [0.1, 0.15) is 36.3 Å². The van der Waals surface area contributed by atoms with Crippen LogP contribution in [0.15, 0.2) is 22.3 Å². The van der Waals surface area contributed by atoms with E-state index in [1.54, 1.807) is 10.8 Å². The Hall–Kier alpha value is -2.09. The van der Waals surface area contributed by atoms with Gasteiger partial charge in [-0.2, -0.15) is 0 Å². The first-order chi connectivity index (χ1) is 12.1. The molecule has 2 heterocycles. The minimum absolute atomic E-state index is 0.0408. The zero-order chi connectivity index (χ0) is 17.8. The van der Waals surface area contributed by atoms with Crippen LogP contribution in [0.3, 0.4) is 0 Å². The molecule has 2 N–H and O–H groups in total. The lowest BCUT2D eigenvalue weighted by Gasteiger charge is -2.19. The van der Waals surface area contributed by atoms with E-state index in [1.807, 2.05) is 13.1 Å². The fourth-order valence-electron chi connectivity index (χ4n) is 3.15. The summed E-state index contributed by atoms with van der Waals surface area (Å²) < 4.78 is 3.77. The Morgan fingerprint density at radius 3 is 2.84 bits per heavy atom. The summed E-state index contributed by atoms with van der Waals surface area (Å²) in [5.41, 5.74) is 7.04. The second-order valence-corrected chi connectivity index (χ2v) is 7.20. The fourth-order valence-corrected chi connectivity index (χ4v) is 3.93. The Labute approximate surface area is 150 Å².